The molecular weight excluding hydrogens is 342 g/mol. The average molecular weight is 380 g/mol. The first-order valence-corrected chi connectivity index (χ1v) is 12.2. The molecule has 3 saturated carbocycles. The van der Waals surface area contributed by atoms with Crippen molar-refractivity contribution in [3.05, 3.63) is 11.6 Å². The second kappa shape index (κ2) is 7.00. The number of aliphatic hydroxyl groups excluding tert-OH is 1. The zero-order chi connectivity index (χ0) is 18.5. The number of allylic oxidation sites excluding steroid dienone is 1. The molecule has 3 unspecified atom stereocenters. The van der Waals surface area contributed by atoms with Crippen molar-refractivity contribution in [3.8, 4) is 0 Å². The van der Waals surface area contributed by atoms with Gasteiger partial charge >= 0.3 is 0 Å². The van der Waals surface area contributed by atoms with E-state index >= 15 is 0 Å². The van der Waals surface area contributed by atoms with Crippen LogP contribution in [0.1, 0.15) is 71.6 Å². The largest absolute Gasteiger partial charge is 0.393 e. The standard InChI is InChI=1S/C22H37NO2S/c1-21-10-8-16(26(25)13-3-12-23)14-15(21)4-5-17-18-6-7-20(24)22(18,2)11-9-19(17)21/h14,16-20,24H,3-13,23H2,1-2H3/t16-,17?,18-,19?,20+,21+,22+,26?/m1/s1. The molecule has 0 heterocycles. The highest BCUT2D eigenvalue weighted by Crippen LogP contribution is 2.65. The summed E-state index contributed by atoms with van der Waals surface area (Å²) >= 11 is 0. The lowest BCUT2D eigenvalue weighted by Crippen LogP contribution is -2.51. The summed E-state index contributed by atoms with van der Waals surface area (Å²) in [6.07, 6.45) is 12.6. The lowest BCUT2D eigenvalue weighted by molar-refractivity contribution is -0.0735. The maximum atomic E-state index is 12.6. The van der Waals surface area contributed by atoms with Crippen LogP contribution in [0.5, 0.6) is 0 Å². The van der Waals surface area contributed by atoms with E-state index in [1.165, 1.54) is 38.5 Å². The lowest BCUT2D eigenvalue weighted by Gasteiger charge is -2.58. The third kappa shape index (κ3) is 2.86. The fourth-order valence-corrected chi connectivity index (χ4v) is 8.70. The van der Waals surface area contributed by atoms with E-state index in [1.54, 1.807) is 5.57 Å². The van der Waals surface area contributed by atoms with E-state index in [1.807, 2.05) is 0 Å². The van der Waals surface area contributed by atoms with E-state index in [0.29, 0.717) is 17.9 Å². The minimum atomic E-state index is -0.755. The van der Waals surface area contributed by atoms with Gasteiger partial charge in [0, 0.05) is 16.6 Å². The summed E-state index contributed by atoms with van der Waals surface area (Å²) in [5, 5.41) is 10.8. The Morgan fingerprint density at radius 2 is 1.96 bits per heavy atom. The molecule has 8 atom stereocenters. The molecule has 0 saturated heterocycles. The predicted octanol–water partition coefficient (Wildman–Crippen LogP) is 3.78. The smallest absolute Gasteiger partial charge is 0.0596 e. The molecule has 0 amide bonds. The highest BCUT2D eigenvalue weighted by atomic mass is 32.2. The molecule has 26 heavy (non-hydrogen) atoms. The second-order valence-corrected chi connectivity index (χ2v) is 11.7. The van der Waals surface area contributed by atoms with Crippen molar-refractivity contribution in [1.29, 1.82) is 0 Å². The van der Waals surface area contributed by atoms with Crippen LogP contribution in [-0.2, 0) is 10.8 Å². The molecule has 0 spiro atoms. The van der Waals surface area contributed by atoms with E-state index < -0.39 is 10.8 Å². The highest BCUT2D eigenvalue weighted by Gasteiger charge is 2.58. The molecule has 0 aromatic heterocycles. The highest BCUT2D eigenvalue weighted by molar-refractivity contribution is 7.85. The van der Waals surface area contributed by atoms with E-state index in [-0.39, 0.29) is 16.8 Å². The summed E-state index contributed by atoms with van der Waals surface area (Å²) in [5.74, 6) is 3.02. The quantitative estimate of drug-likeness (QED) is 0.731. The van der Waals surface area contributed by atoms with Gasteiger partial charge in [-0.15, -0.1) is 0 Å². The zero-order valence-electron chi connectivity index (χ0n) is 16.6. The van der Waals surface area contributed by atoms with Crippen molar-refractivity contribution in [2.24, 2.45) is 34.3 Å². The zero-order valence-corrected chi connectivity index (χ0v) is 17.4. The van der Waals surface area contributed by atoms with Crippen molar-refractivity contribution < 1.29 is 9.32 Å². The number of hydrogen-bond acceptors (Lipinski definition) is 3. The summed E-state index contributed by atoms with van der Waals surface area (Å²) < 4.78 is 12.6. The Hall–Kier alpha value is -0.190. The normalized spacial score (nSPS) is 48.9. The van der Waals surface area contributed by atoms with Crippen molar-refractivity contribution in [2.75, 3.05) is 12.3 Å². The molecule has 0 radical (unpaired) electrons. The van der Waals surface area contributed by atoms with E-state index in [4.69, 9.17) is 5.73 Å². The van der Waals surface area contributed by atoms with Crippen LogP contribution < -0.4 is 5.73 Å². The molecule has 4 aliphatic carbocycles. The Labute approximate surface area is 161 Å². The van der Waals surface area contributed by atoms with E-state index in [0.717, 1.165) is 36.9 Å². The molecule has 3 nitrogen and oxygen atoms in total. The molecule has 0 bridgehead atoms. The summed E-state index contributed by atoms with van der Waals surface area (Å²) in [5.41, 5.74) is 7.69. The minimum Gasteiger partial charge on any atom is -0.393 e. The van der Waals surface area contributed by atoms with Gasteiger partial charge in [0.1, 0.15) is 0 Å². The monoisotopic (exact) mass is 379 g/mol. The SMILES string of the molecule is C[C@]12CCC3C(CCC4=C[C@H](S(=O)CCCN)CC[C@@]43C)[C@H]1CC[C@@H]2O. The van der Waals surface area contributed by atoms with Crippen LogP contribution in [-0.4, -0.2) is 33.0 Å². The minimum absolute atomic E-state index is 0.0844. The Kier molecular flexibility index (Phi) is 5.16. The maximum absolute atomic E-state index is 12.6. The van der Waals surface area contributed by atoms with Crippen molar-refractivity contribution in [3.63, 3.8) is 0 Å². The van der Waals surface area contributed by atoms with Gasteiger partial charge in [-0.3, -0.25) is 4.21 Å². The van der Waals surface area contributed by atoms with Gasteiger partial charge in [-0.1, -0.05) is 25.5 Å². The van der Waals surface area contributed by atoms with Gasteiger partial charge in [-0.25, -0.2) is 0 Å². The molecule has 0 aromatic rings. The summed E-state index contributed by atoms with van der Waals surface area (Å²) in [7, 11) is -0.755. The van der Waals surface area contributed by atoms with Crippen LogP contribution in [0.2, 0.25) is 0 Å². The molecule has 0 aromatic carbocycles. The first kappa shape index (κ1) is 19.1. The third-order valence-electron chi connectivity index (χ3n) is 8.91. The Morgan fingerprint density at radius 3 is 2.73 bits per heavy atom. The number of nitrogens with two attached hydrogens (primary N) is 1. The first-order chi connectivity index (χ1) is 12.4. The van der Waals surface area contributed by atoms with Gasteiger partial charge in [0.15, 0.2) is 0 Å². The molecule has 3 fully saturated rings. The fraction of sp³-hybridized carbons (Fsp3) is 0.909. The molecular formula is C22H37NO2S. The number of fused-ring (bicyclic) bond motifs is 5. The van der Waals surface area contributed by atoms with Crippen LogP contribution in [0.15, 0.2) is 11.6 Å². The van der Waals surface area contributed by atoms with Crippen molar-refractivity contribution in [1.82, 2.24) is 0 Å². The van der Waals surface area contributed by atoms with Gasteiger partial charge in [-0.2, -0.15) is 0 Å². The lowest BCUT2D eigenvalue weighted by atomic mass is 9.47. The number of hydrogen-bond donors (Lipinski definition) is 2. The maximum Gasteiger partial charge on any atom is 0.0596 e. The molecule has 148 valence electrons. The van der Waals surface area contributed by atoms with Gasteiger partial charge < -0.3 is 10.8 Å². The summed E-state index contributed by atoms with van der Waals surface area (Å²) in [6, 6.07) is 0. The number of rotatable bonds is 4. The Balaban J connectivity index is 1.55. The summed E-state index contributed by atoms with van der Waals surface area (Å²) in [6.45, 7) is 5.50. The van der Waals surface area contributed by atoms with Crippen LogP contribution in [0, 0.1) is 28.6 Å². The third-order valence-corrected chi connectivity index (χ3v) is 10.6. The van der Waals surface area contributed by atoms with Crippen molar-refractivity contribution in [2.45, 2.75) is 83.0 Å². The summed E-state index contributed by atoms with van der Waals surface area (Å²) in [4.78, 5) is 0. The van der Waals surface area contributed by atoms with Crippen LogP contribution in [0.25, 0.3) is 0 Å². The average Bonchev–Trinajstić information content (AvgIpc) is 2.94. The van der Waals surface area contributed by atoms with Gasteiger partial charge in [0.25, 0.3) is 0 Å². The van der Waals surface area contributed by atoms with Crippen LogP contribution in [0.4, 0.5) is 0 Å². The second-order valence-electron chi connectivity index (χ2n) is 9.97. The molecule has 4 heteroatoms. The number of aliphatic hydroxyl groups is 1. The Bertz CT molecular complexity index is 605. The van der Waals surface area contributed by atoms with Crippen LogP contribution in [0.3, 0.4) is 0 Å². The van der Waals surface area contributed by atoms with Gasteiger partial charge in [0.2, 0.25) is 0 Å². The molecule has 4 aliphatic rings. The van der Waals surface area contributed by atoms with E-state index in [2.05, 4.69) is 19.9 Å². The topological polar surface area (TPSA) is 63.3 Å². The Morgan fingerprint density at radius 1 is 1.15 bits per heavy atom. The molecule has 0 aliphatic heterocycles. The molecule has 4 rings (SSSR count). The van der Waals surface area contributed by atoms with E-state index in [9.17, 15) is 9.32 Å². The van der Waals surface area contributed by atoms with Gasteiger partial charge in [0.05, 0.1) is 11.4 Å². The fourth-order valence-electron chi connectivity index (χ4n) is 7.25. The predicted molar refractivity (Wildman–Crippen MR) is 108 cm³/mol. The molecule has 3 N–H and O–H groups in total. The van der Waals surface area contributed by atoms with Gasteiger partial charge in [-0.05, 0) is 92.9 Å². The van der Waals surface area contributed by atoms with Crippen molar-refractivity contribution >= 4 is 10.8 Å². The first-order valence-electron chi connectivity index (χ1n) is 10.9. The van der Waals surface area contributed by atoms with Crippen LogP contribution >= 0.6 is 0 Å².